The molecule has 7 heteroatoms. The Bertz CT molecular complexity index is 650. The molecule has 0 saturated heterocycles. The van der Waals surface area contributed by atoms with Gasteiger partial charge >= 0.3 is 5.97 Å². The normalized spacial score (nSPS) is 10.8. The highest BCUT2D eigenvalue weighted by molar-refractivity contribution is 6.06. The number of carbonyl (C=O) groups is 2. The monoisotopic (exact) mass is 345 g/mol. The molecular weight excluding hydrogens is 322 g/mol. The second-order valence-corrected chi connectivity index (χ2v) is 5.28. The first-order valence-corrected chi connectivity index (χ1v) is 8.14. The lowest BCUT2D eigenvalue weighted by molar-refractivity contribution is -0.112. The quantitative estimate of drug-likeness (QED) is 0.323. The predicted molar refractivity (Wildman–Crippen MR) is 94.1 cm³/mol. The van der Waals surface area contributed by atoms with Crippen LogP contribution in [-0.4, -0.2) is 36.7 Å². The number of aromatic carboxylic acids is 1. The molecule has 7 nitrogen and oxygen atoms in total. The number of amides is 1. The lowest BCUT2D eigenvalue weighted by atomic mass is 10.2. The number of benzene rings is 1. The van der Waals surface area contributed by atoms with Gasteiger partial charge in [-0.2, -0.15) is 5.26 Å². The standard InChI is InChI=1S/C18H23N3O4/c1-2-3-9-25-10-5-8-20-13-15(12-19)17(22)21-16-7-4-6-14(11-16)18(23)24/h4,6-7,11,13,20H,2-3,5,8-10H2,1H3,(H,21,22)(H,23,24)/b15-13-. The highest BCUT2D eigenvalue weighted by atomic mass is 16.5. The van der Waals surface area contributed by atoms with Crippen molar-refractivity contribution in [3.05, 3.63) is 41.6 Å². The zero-order valence-electron chi connectivity index (χ0n) is 14.2. The van der Waals surface area contributed by atoms with Crippen LogP contribution >= 0.6 is 0 Å². The van der Waals surface area contributed by atoms with Crippen molar-refractivity contribution in [3.8, 4) is 6.07 Å². The third-order valence-electron chi connectivity index (χ3n) is 3.23. The Kier molecular flexibility index (Phi) is 9.41. The van der Waals surface area contributed by atoms with E-state index in [-0.39, 0.29) is 11.1 Å². The largest absolute Gasteiger partial charge is 0.478 e. The third-order valence-corrected chi connectivity index (χ3v) is 3.23. The van der Waals surface area contributed by atoms with Crippen LogP contribution in [0.25, 0.3) is 0 Å². The Labute approximate surface area is 147 Å². The van der Waals surface area contributed by atoms with Gasteiger partial charge in [-0.25, -0.2) is 4.79 Å². The van der Waals surface area contributed by atoms with Crippen molar-refractivity contribution < 1.29 is 19.4 Å². The number of unbranched alkanes of at least 4 members (excludes halogenated alkanes) is 1. The number of nitriles is 1. The summed E-state index contributed by atoms with van der Waals surface area (Å²) in [5, 5.41) is 23.4. The van der Waals surface area contributed by atoms with Crippen LogP contribution in [0.15, 0.2) is 36.0 Å². The molecule has 0 aliphatic heterocycles. The maximum Gasteiger partial charge on any atom is 0.335 e. The first-order valence-electron chi connectivity index (χ1n) is 8.14. The fourth-order valence-corrected chi connectivity index (χ4v) is 1.88. The van der Waals surface area contributed by atoms with Gasteiger partial charge in [0, 0.05) is 31.6 Å². The summed E-state index contributed by atoms with van der Waals surface area (Å²) in [4.78, 5) is 23.0. The molecule has 0 saturated carbocycles. The molecule has 0 heterocycles. The van der Waals surface area contributed by atoms with Gasteiger partial charge in [-0.1, -0.05) is 19.4 Å². The molecule has 1 amide bonds. The SMILES string of the molecule is CCCCOCCCN/C=C(/C#N)C(=O)Nc1cccc(C(=O)O)c1. The van der Waals surface area contributed by atoms with Gasteiger partial charge in [0.05, 0.1) is 5.56 Å². The summed E-state index contributed by atoms with van der Waals surface area (Å²) in [6, 6.07) is 7.64. The molecule has 0 spiro atoms. The van der Waals surface area contributed by atoms with Gasteiger partial charge in [0.15, 0.2) is 0 Å². The van der Waals surface area contributed by atoms with E-state index in [1.807, 2.05) is 6.07 Å². The van der Waals surface area contributed by atoms with Crippen LogP contribution in [0.3, 0.4) is 0 Å². The molecule has 0 radical (unpaired) electrons. The minimum Gasteiger partial charge on any atom is -0.478 e. The summed E-state index contributed by atoms with van der Waals surface area (Å²) < 4.78 is 5.41. The fourth-order valence-electron chi connectivity index (χ4n) is 1.88. The van der Waals surface area contributed by atoms with E-state index in [1.54, 1.807) is 6.07 Å². The number of carbonyl (C=O) groups excluding carboxylic acids is 1. The molecule has 0 aliphatic carbocycles. The molecule has 0 atom stereocenters. The summed E-state index contributed by atoms with van der Waals surface area (Å²) in [5.74, 6) is -1.69. The average molecular weight is 345 g/mol. The number of anilines is 1. The average Bonchev–Trinajstić information content (AvgIpc) is 2.60. The van der Waals surface area contributed by atoms with Crippen LogP contribution < -0.4 is 10.6 Å². The molecule has 134 valence electrons. The second kappa shape index (κ2) is 11.6. The van der Waals surface area contributed by atoms with Gasteiger partial charge in [0.1, 0.15) is 11.6 Å². The third kappa shape index (κ3) is 7.99. The number of carboxylic acids is 1. The number of hydrogen-bond donors (Lipinski definition) is 3. The summed E-state index contributed by atoms with van der Waals surface area (Å²) in [5.41, 5.74) is 0.282. The van der Waals surface area contributed by atoms with Gasteiger partial charge in [0.2, 0.25) is 0 Å². The van der Waals surface area contributed by atoms with Crippen LogP contribution in [0.5, 0.6) is 0 Å². The maximum absolute atomic E-state index is 12.0. The molecule has 1 rings (SSSR count). The van der Waals surface area contributed by atoms with E-state index in [9.17, 15) is 9.59 Å². The van der Waals surface area contributed by atoms with E-state index in [4.69, 9.17) is 15.1 Å². The number of nitrogens with one attached hydrogen (secondary N) is 2. The molecule has 0 fully saturated rings. The topological polar surface area (TPSA) is 111 Å². The van der Waals surface area contributed by atoms with Gasteiger partial charge in [-0.05, 0) is 31.0 Å². The number of carboxylic acid groups (broad SMARTS) is 1. The van der Waals surface area contributed by atoms with Crippen LogP contribution in [0, 0.1) is 11.3 Å². The molecule has 1 aromatic carbocycles. The van der Waals surface area contributed by atoms with E-state index < -0.39 is 11.9 Å². The van der Waals surface area contributed by atoms with Gasteiger partial charge < -0.3 is 20.5 Å². The summed E-state index contributed by atoms with van der Waals surface area (Å²) >= 11 is 0. The van der Waals surface area contributed by atoms with Crippen molar-refractivity contribution in [1.29, 1.82) is 5.26 Å². The number of nitrogens with zero attached hydrogens (tertiary/aromatic N) is 1. The Hall–Kier alpha value is -2.85. The van der Waals surface area contributed by atoms with Gasteiger partial charge in [-0.15, -0.1) is 0 Å². The lowest BCUT2D eigenvalue weighted by Crippen LogP contribution is -2.18. The number of ether oxygens (including phenoxy) is 1. The van der Waals surface area contributed by atoms with Gasteiger partial charge in [-0.3, -0.25) is 4.79 Å². The highest BCUT2D eigenvalue weighted by Gasteiger charge is 2.10. The second-order valence-electron chi connectivity index (χ2n) is 5.28. The Morgan fingerprint density at radius 3 is 2.76 bits per heavy atom. The van der Waals surface area contributed by atoms with E-state index in [1.165, 1.54) is 24.4 Å². The predicted octanol–water partition coefficient (Wildman–Crippen LogP) is 2.53. The molecule has 0 bridgehead atoms. The van der Waals surface area contributed by atoms with Crippen molar-refractivity contribution in [2.24, 2.45) is 0 Å². The molecule has 1 aromatic rings. The van der Waals surface area contributed by atoms with Crippen molar-refractivity contribution in [1.82, 2.24) is 5.32 Å². The van der Waals surface area contributed by atoms with Crippen molar-refractivity contribution in [3.63, 3.8) is 0 Å². The van der Waals surface area contributed by atoms with E-state index in [0.29, 0.717) is 18.8 Å². The van der Waals surface area contributed by atoms with Crippen molar-refractivity contribution in [2.75, 3.05) is 25.1 Å². The van der Waals surface area contributed by atoms with E-state index >= 15 is 0 Å². The number of hydrogen-bond acceptors (Lipinski definition) is 5. The fraction of sp³-hybridized carbons (Fsp3) is 0.389. The maximum atomic E-state index is 12.0. The van der Waals surface area contributed by atoms with Crippen molar-refractivity contribution in [2.45, 2.75) is 26.2 Å². The van der Waals surface area contributed by atoms with Crippen LogP contribution in [0.4, 0.5) is 5.69 Å². The zero-order valence-corrected chi connectivity index (χ0v) is 14.2. The molecule has 3 N–H and O–H groups in total. The first-order chi connectivity index (χ1) is 12.1. The summed E-state index contributed by atoms with van der Waals surface area (Å²) in [6.07, 6.45) is 4.25. The van der Waals surface area contributed by atoms with Crippen LogP contribution in [0.2, 0.25) is 0 Å². The first kappa shape index (κ1) is 20.2. The number of rotatable bonds is 11. The van der Waals surface area contributed by atoms with Crippen molar-refractivity contribution >= 4 is 17.6 Å². The van der Waals surface area contributed by atoms with E-state index in [2.05, 4.69) is 17.6 Å². The Balaban J connectivity index is 2.45. The zero-order chi connectivity index (χ0) is 18.5. The van der Waals surface area contributed by atoms with Gasteiger partial charge in [0.25, 0.3) is 5.91 Å². The highest BCUT2D eigenvalue weighted by Crippen LogP contribution is 2.11. The van der Waals surface area contributed by atoms with Crippen LogP contribution in [0.1, 0.15) is 36.5 Å². The smallest absolute Gasteiger partial charge is 0.335 e. The lowest BCUT2D eigenvalue weighted by Gasteiger charge is -2.06. The Morgan fingerprint density at radius 1 is 1.32 bits per heavy atom. The molecule has 0 aromatic heterocycles. The minimum absolute atomic E-state index is 0.0569. The summed E-state index contributed by atoms with van der Waals surface area (Å²) in [6.45, 7) is 4.05. The molecule has 25 heavy (non-hydrogen) atoms. The Morgan fingerprint density at radius 2 is 2.08 bits per heavy atom. The van der Waals surface area contributed by atoms with E-state index in [0.717, 1.165) is 25.9 Å². The summed E-state index contributed by atoms with van der Waals surface area (Å²) in [7, 11) is 0. The molecule has 0 aliphatic rings. The minimum atomic E-state index is -1.09. The molecule has 0 unspecified atom stereocenters. The molecular formula is C18H23N3O4. The van der Waals surface area contributed by atoms with Crippen LogP contribution in [-0.2, 0) is 9.53 Å².